The van der Waals surface area contributed by atoms with Crippen molar-refractivity contribution in [1.29, 1.82) is 0 Å². The van der Waals surface area contributed by atoms with Gasteiger partial charge in [-0.05, 0) is 30.5 Å². The smallest absolute Gasteiger partial charge is 0.335 e. The van der Waals surface area contributed by atoms with Crippen molar-refractivity contribution in [2.75, 3.05) is 6.54 Å². The Bertz CT molecular complexity index is 352. The van der Waals surface area contributed by atoms with E-state index in [-0.39, 0.29) is 5.41 Å². The predicted molar refractivity (Wildman–Crippen MR) is 53.4 cm³/mol. The molecule has 1 aliphatic rings. The van der Waals surface area contributed by atoms with Crippen molar-refractivity contribution in [2.24, 2.45) is 5.73 Å². The van der Waals surface area contributed by atoms with Gasteiger partial charge in [0.15, 0.2) is 0 Å². The van der Waals surface area contributed by atoms with Gasteiger partial charge in [0.1, 0.15) is 0 Å². The van der Waals surface area contributed by atoms with Gasteiger partial charge >= 0.3 is 5.97 Å². The largest absolute Gasteiger partial charge is 0.478 e. The van der Waals surface area contributed by atoms with Gasteiger partial charge in [0.2, 0.25) is 0 Å². The van der Waals surface area contributed by atoms with Crippen molar-refractivity contribution >= 4 is 5.97 Å². The number of hydrogen-bond acceptors (Lipinski definition) is 2. The summed E-state index contributed by atoms with van der Waals surface area (Å²) >= 11 is 0. The number of carboxylic acids is 1. The zero-order chi connectivity index (χ0) is 10.2. The molecule has 1 aliphatic carbocycles. The van der Waals surface area contributed by atoms with Crippen LogP contribution in [-0.2, 0) is 5.41 Å². The van der Waals surface area contributed by atoms with E-state index in [9.17, 15) is 4.79 Å². The summed E-state index contributed by atoms with van der Waals surface area (Å²) in [7, 11) is 0. The van der Waals surface area contributed by atoms with Crippen LogP contribution in [0.3, 0.4) is 0 Å². The highest BCUT2D eigenvalue weighted by atomic mass is 16.4. The molecule has 2 rings (SSSR count). The molecule has 1 saturated carbocycles. The minimum Gasteiger partial charge on any atom is -0.478 e. The van der Waals surface area contributed by atoms with Crippen LogP contribution in [0, 0.1) is 0 Å². The second kappa shape index (κ2) is 3.10. The molecular weight excluding hydrogens is 178 g/mol. The first-order valence-electron chi connectivity index (χ1n) is 4.72. The second-order valence-corrected chi connectivity index (χ2v) is 3.87. The second-order valence-electron chi connectivity index (χ2n) is 3.87. The Morgan fingerprint density at radius 2 is 1.93 bits per heavy atom. The number of carbonyl (C=O) groups is 1. The number of carboxylic acid groups (broad SMARTS) is 1. The lowest BCUT2D eigenvalue weighted by Crippen LogP contribution is -2.19. The van der Waals surface area contributed by atoms with E-state index in [1.165, 1.54) is 5.56 Å². The first-order chi connectivity index (χ1) is 6.68. The van der Waals surface area contributed by atoms with Crippen LogP contribution >= 0.6 is 0 Å². The number of rotatable bonds is 3. The van der Waals surface area contributed by atoms with Crippen molar-refractivity contribution in [3.63, 3.8) is 0 Å². The average Bonchev–Trinajstić information content (AvgIpc) is 2.99. The minimum atomic E-state index is -0.880. The lowest BCUT2D eigenvalue weighted by atomic mass is 9.95. The van der Waals surface area contributed by atoms with Gasteiger partial charge in [0.05, 0.1) is 5.56 Å². The molecule has 0 radical (unpaired) electrons. The van der Waals surface area contributed by atoms with Crippen LogP contribution in [0.15, 0.2) is 24.3 Å². The van der Waals surface area contributed by atoms with Crippen molar-refractivity contribution in [3.05, 3.63) is 35.4 Å². The Hall–Kier alpha value is -1.35. The van der Waals surface area contributed by atoms with Gasteiger partial charge in [-0.1, -0.05) is 12.1 Å². The number of nitrogens with two attached hydrogens (primary N) is 1. The van der Waals surface area contributed by atoms with Crippen molar-refractivity contribution in [3.8, 4) is 0 Å². The molecule has 0 heterocycles. The summed E-state index contributed by atoms with van der Waals surface area (Å²) in [6, 6.07) is 7.05. The monoisotopic (exact) mass is 191 g/mol. The van der Waals surface area contributed by atoms with Crippen LogP contribution in [0.4, 0.5) is 0 Å². The molecular formula is C11H13NO2. The first kappa shape index (κ1) is 9.21. The molecule has 3 N–H and O–H groups in total. The molecule has 0 atom stereocenters. The van der Waals surface area contributed by atoms with E-state index in [4.69, 9.17) is 10.8 Å². The summed E-state index contributed by atoms with van der Waals surface area (Å²) in [6.07, 6.45) is 2.24. The van der Waals surface area contributed by atoms with Crippen LogP contribution in [0.2, 0.25) is 0 Å². The van der Waals surface area contributed by atoms with Gasteiger partial charge in [0, 0.05) is 12.0 Å². The highest BCUT2D eigenvalue weighted by Gasteiger charge is 2.42. The van der Waals surface area contributed by atoms with Gasteiger partial charge in [-0.2, -0.15) is 0 Å². The van der Waals surface area contributed by atoms with E-state index in [0.29, 0.717) is 12.1 Å². The molecule has 0 bridgehead atoms. The van der Waals surface area contributed by atoms with E-state index in [1.807, 2.05) is 12.1 Å². The zero-order valence-corrected chi connectivity index (χ0v) is 7.86. The normalized spacial score (nSPS) is 17.8. The Labute approximate surface area is 82.5 Å². The fraction of sp³-hybridized carbons (Fsp3) is 0.364. The molecule has 3 heteroatoms. The molecule has 1 aromatic carbocycles. The number of benzene rings is 1. The SMILES string of the molecule is NCC1(c2ccc(C(=O)O)cc2)CC1. The van der Waals surface area contributed by atoms with E-state index in [2.05, 4.69) is 0 Å². The summed E-state index contributed by atoms with van der Waals surface area (Å²) < 4.78 is 0. The highest BCUT2D eigenvalue weighted by Crippen LogP contribution is 2.47. The molecule has 74 valence electrons. The van der Waals surface area contributed by atoms with Crippen LogP contribution in [0.1, 0.15) is 28.8 Å². The van der Waals surface area contributed by atoms with Crippen LogP contribution in [0.5, 0.6) is 0 Å². The van der Waals surface area contributed by atoms with Gasteiger partial charge in [-0.25, -0.2) is 4.79 Å². The maximum atomic E-state index is 10.6. The first-order valence-corrected chi connectivity index (χ1v) is 4.72. The number of hydrogen-bond donors (Lipinski definition) is 2. The Morgan fingerprint density at radius 1 is 1.36 bits per heavy atom. The standard InChI is InChI=1S/C11H13NO2/c12-7-11(5-6-11)9-3-1-8(2-4-9)10(13)14/h1-4H,5-7,12H2,(H,13,14). The average molecular weight is 191 g/mol. The molecule has 0 unspecified atom stereocenters. The quantitative estimate of drug-likeness (QED) is 0.758. The van der Waals surface area contributed by atoms with Crippen LogP contribution < -0.4 is 5.73 Å². The molecule has 0 spiro atoms. The topological polar surface area (TPSA) is 63.3 Å². The molecule has 3 nitrogen and oxygen atoms in total. The van der Waals surface area contributed by atoms with Gasteiger partial charge < -0.3 is 10.8 Å². The maximum absolute atomic E-state index is 10.6. The fourth-order valence-electron chi connectivity index (χ4n) is 1.73. The third kappa shape index (κ3) is 1.40. The molecule has 0 saturated heterocycles. The number of aromatic carboxylic acids is 1. The summed E-state index contributed by atoms with van der Waals surface area (Å²) in [6.45, 7) is 0.652. The van der Waals surface area contributed by atoms with Gasteiger partial charge in [-0.15, -0.1) is 0 Å². The molecule has 1 aromatic rings. The van der Waals surface area contributed by atoms with Gasteiger partial charge in [0.25, 0.3) is 0 Å². The summed E-state index contributed by atoms with van der Waals surface area (Å²) in [5, 5.41) is 8.73. The summed E-state index contributed by atoms with van der Waals surface area (Å²) in [5.74, 6) is -0.880. The Morgan fingerprint density at radius 3 is 2.29 bits per heavy atom. The highest BCUT2D eigenvalue weighted by molar-refractivity contribution is 5.87. The molecule has 14 heavy (non-hydrogen) atoms. The molecule has 1 fully saturated rings. The summed E-state index contributed by atoms with van der Waals surface area (Å²) in [5.41, 5.74) is 7.34. The minimum absolute atomic E-state index is 0.150. The lowest BCUT2D eigenvalue weighted by molar-refractivity contribution is 0.0697. The lowest BCUT2D eigenvalue weighted by Gasteiger charge is -2.12. The van der Waals surface area contributed by atoms with Crippen molar-refractivity contribution in [2.45, 2.75) is 18.3 Å². The van der Waals surface area contributed by atoms with E-state index in [1.54, 1.807) is 12.1 Å². The third-order valence-corrected chi connectivity index (χ3v) is 2.99. The van der Waals surface area contributed by atoms with E-state index in [0.717, 1.165) is 12.8 Å². The maximum Gasteiger partial charge on any atom is 0.335 e. The van der Waals surface area contributed by atoms with Crippen molar-refractivity contribution in [1.82, 2.24) is 0 Å². The van der Waals surface area contributed by atoms with Crippen LogP contribution in [0.25, 0.3) is 0 Å². The zero-order valence-electron chi connectivity index (χ0n) is 7.86. The van der Waals surface area contributed by atoms with Crippen LogP contribution in [-0.4, -0.2) is 17.6 Å². The van der Waals surface area contributed by atoms with E-state index >= 15 is 0 Å². The summed E-state index contributed by atoms with van der Waals surface area (Å²) in [4.78, 5) is 10.6. The Balaban J connectivity index is 2.26. The fourth-order valence-corrected chi connectivity index (χ4v) is 1.73. The molecule has 0 amide bonds. The Kier molecular flexibility index (Phi) is 2.04. The molecule has 0 aromatic heterocycles. The third-order valence-electron chi connectivity index (χ3n) is 2.99. The molecule has 0 aliphatic heterocycles. The van der Waals surface area contributed by atoms with E-state index < -0.39 is 5.97 Å². The predicted octanol–water partition coefficient (Wildman–Crippen LogP) is 1.38. The van der Waals surface area contributed by atoms with Crippen molar-refractivity contribution < 1.29 is 9.90 Å². The van der Waals surface area contributed by atoms with Gasteiger partial charge in [-0.3, -0.25) is 0 Å².